The molecule has 4 amide bonds. The number of nitrogens with one attached hydrogen (secondary N) is 5. The van der Waals surface area contributed by atoms with E-state index in [0.29, 0.717) is 34.9 Å². The van der Waals surface area contributed by atoms with Crippen LogP contribution in [0.2, 0.25) is 0 Å². The molecule has 0 aliphatic carbocycles. The molecular weight excluding hydrogens is 665 g/mol. The van der Waals surface area contributed by atoms with Crippen molar-refractivity contribution in [3.63, 3.8) is 0 Å². The van der Waals surface area contributed by atoms with Gasteiger partial charge in [-0.1, -0.05) is 40.9 Å². The van der Waals surface area contributed by atoms with Crippen molar-refractivity contribution in [1.82, 2.24) is 50.8 Å². The Morgan fingerprint density at radius 2 is 1.35 bits per heavy atom. The number of thiazole rings is 2. The summed E-state index contributed by atoms with van der Waals surface area (Å²) in [6, 6.07) is 18.4. The first-order valence-corrected chi connectivity index (χ1v) is 16.7. The predicted molar refractivity (Wildman–Crippen MR) is 192 cm³/mol. The highest BCUT2D eigenvalue weighted by atomic mass is 32.1. The molecule has 0 aliphatic heterocycles. The monoisotopic (exact) mass is 694 g/mol. The van der Waals surface area contributed by atoms with E-state index in [0.717, 1.165) is 42.7 Å². The number of rotatable bonds is 7. The van der Waals surface area contributed by atoms with E-state index in [-0.39, 0.29) is 17.6 Å². The van der Waals surface area contributed by atoms with Gasteiger partial charge in [0.05, 0.1) is 27.5 Å². The van der Waals surface area contributed by atoms with Crippen LogP contribution < -0.4 is 26.8 Å². The molecule has 0 bridgehead atoms. The standard InChI is InChI=1S/C17H16N8OS.C15H14N4O2S/c1-3-18-16(26)21-17-20-13-8-10(5-7-14(13)27-17)11-4-6-12(19-9-11)15-22-24-25(2)23-15;1-2-16-14(21)19-15-18-11-7-9(3-4-12(11)22-15)10-5-6-17-13(20)8-10/h4-9H,3H2,1-2H3,(H2,18,20,21,26);3-8H,2H2,1H3,(H,17,20)(H2,16,18,19,21). The van der Waals surface area contributed by atoms with Crippen molar-refractivity contribution in [1.29, 1.82) is 0 Å². The van der Waals surface area contributed by atoms with Gasteiger partial charge in [-0.15, -0.1) is 10.2 Å². The second-order valence-corrected chi connectivity index (χ2v) is 12.4. The Morgan fingerprint density at radius 3 is 1.86 bits per heavy atom. The molecule has 0 saturated carbocycles. The third-order valence-electron chi connectivity index (χ3n) is 6.83. The Morgan fingerprint density at radius 1 is 0.776 bits per heavy atom. The largest absolute Gasteiger partial charge is 0.338 e. The van der Waals surface area contributed by atoms with Gasteiger partial charge >= 0.3 is 12.1 Å². The quantitative estimate of drug-likeness (QED) is 0.143. The van der Waals surface area contributed by atoms with Crippen molar-refractivity contribution in [3.05, 3.63) is 83.4 Å². The molecule has 5 heterocycles. The van der Waals surface area contributed by atoms with E-state index in [4.69, 9.17) is 0 Å². The summed E-state index contributed by atoms with van der Waals surface area (Å²) in [4.78, 5) is 51.9. The molecule has 7 aromatic rings. The van der Waals surface area contributed by atoms with E-state index in [1.54, 1.807) is 25.5 Å². The molecule has 2 aromatic carbocycles. The van der Waals surface area contributed by atoms with Gasteiger partial charge in [-0.3, -0.25) is 20.4 Å². The molecule has 0 radical (unpaired) electrons. The van der Waals surface area contributed by atoms with E-state index in [9.17, 15) is 14.4 Å². The maximum absolute atomic E-state index is 11.6. The minimum Gasteiger partial charge on any atom is -0.338 e. The fourth-order valence-electron chi connectivity index (χ4n) is 4.63. The van der Waals surface area contributed by atoms with Crippen LogP contribution in [0.25, 0.3) is 54.2 Å². The van der Waals surface area contributed by atoms with Crippen molar-refractivity contribution < 1.29 is 9.59 Å². The van der Waals surface area contributed by atoms with E-state index >= 15 is 0 Å². The molecule has 0 saturated heterocycles. The fourth-order valence-corrected chi connectivity index (χ4v) is 6.31. The first-order valence-electron chi connectivity index (χ1n) is 15.1. The summed E-state index contributed by atoms with van der Waals surface area (Å²) in [5.74, 6) is 0.486. The first kappa shape index (κ1) is 32.9. The number of aromatic amines is 1. The lowest BCUT2D eigenvalue weighted by Gasteiger charge is -2.02. The second-order valence-electron chi connectivity index (χ2n) is 10.3. The summed E-state index contributed by atoms with van der Waals surface area (Å²) in [5.41, 5.74) is 5.81. The summed E-state index contributed by atoms with van der Waals surface area (Å²) >= 11 is 2.84. The highest BCUT2D eigenvalue weighted by molar-refractivity contribution is 7.22. The number of amides is 4. The molecule has 0 atom stereocenters. The zero-order valence-electron chi connectivity index (χ0n) is 26.5. The van der Waals surface area contributed by atoms with Gasteiger partial charge in [-0.25, -0.2) is 19.6 Å². The average Bonchev–Trinajstić information content (AvgIpc) is 3.82. The van der Waals surface area contributed by atoms with E-state index in [1.165, 1.54) is 27.5 Å². The van der Waals surface area contributed by atoms with Crippen LogP contribution in [0.15, 0.2) is 77.9 Å². The van der Waals surface area contributed by atoms with Crippen LogP contribution in [0.4, 0.5) is 19.9 Å². The van der Waals surface area contributed by atoms with Gasteiger partial charge in [-0.05, 0) is 72.1 Å². The number of aromatic nitrogens is 8. The average molecular weight is 695 g/mol. The van der Waals surface area contributed by atoms with Crippen molar-refractivity contribution in [2.24, 2.45) is 7.05 Å². The van der Waals surface area contributed by atoms with Gasteiger partial charge < -0.3 is 15.6 Å². The molecule has 49 heavy (non-hydrogen) atoms. The number of carbonyl (C=O) groups is 2. The predicted octanol–water partition coefficient (Wildman–Crippen LogP) is 5.48. The Balaban J connectivity index is 0.000000174. The Labute approximate surface area is 286 Å². The molecule has 7 rings (SSSR count). The summed E-state index contributed by atoms with van der Waals surface area (Å²) in [6.07, 6.45) is 3.39. The van der Waals surface area contributed by atoms with Crippen LogP contribution in [-0.4, -0.2) is 65.3 Å². The minimum absolute atomic E-state index is 0.144. The van der Waals surface area contributed by atoms with Gasteiger partial charge in [0.15, 0.2) is 10.3 Å². The van der Waals surface area contributed by atoms with Crippen LogP contribution in [0.3, 0.4) is 0 Å². The Hall–Kier alpha value is -6.07. The van der Waals surface area contributed by atoms with Crippen molar-refractivity contribution in [2.75, 3.05) is 23.7 Å². The van der Waals surface area contributed by atoms with Gasteiger partial charge in [0.1, 0.15) is 5.69 Å². The number of fused-ring (bicyclic) bond motifs is 2. The van der Waals surface area contributed by atoms with Crippen LogP contribution in [-0.2, 0) is 7.05 Å². The molecule has 0 unspecified atom stereocenters. The smallest absolute Gasteiger partial charge is 0.321 e. The van der Waals surface area contributed by atoms with Gasteiger partial charge in [-0.2, -0.15) is 4.80 Å². The van der Waals surface area contributed by atoms with Gasteiger partial charge in [0.2, 0.25) is 11.4 Å². The molecule has 5 aromatic heterocycles. The molecule has 15 nitrogen and oxygen atoms in total. The second kappa shape index (κ2) is 14.8. The van der Waals surface area contributed by atoms with Crippen LogP contribution >= 0.6 is 22.7 Å². The number of nitrogens with zero attached hydrogens (tertiary/aromatic N) is 7. The topological polar surface area (TPSA) is 197 Å². The highest BCUT2D eigenvalue weighted by Crippen LogP contribution is 2.31. The number of benzene rings is 2. The number of carbonyl (C=O) groups excluding carboxylic acids is 2. The number of urea groups is 2. The van der Waals surface area contributed by atoms with Gasteiger partial charge in [0, 0.05) is 37.1 Å². The number of aryl methyl sites for hydroxylation is 1. The van der Waals surface area contributed by atoms with E-state index < -0.39 is 0 Å². The van der Waals surface area contributed by atoms with Crippen molar-refractivity contribution in [2.45, 2.75) is 13.8 Å². The zero-order valence-corrected chi connectivity index (χ0v) is 28.1. The normalized spacial score (nSPS) is 10.8. The first-order chi connectivity index (χ1) is 23.8. The zero-order chi connectivity index (χ0) is 34.3. The molecule has 0 fully saturated rings. The number of H-pyrrole nitrogens is 1. The van der Waals surface area contributed by atoms with Crippen LogP contribution in [0, 0.1) is 0 Å². The molecule has 0 spiro atoms. The third-order valence-corrected chi connectivity index (χ3v) is 8.74. The molecule has 5 N–H and O–H groups in total. The summed E-state index contributed by atoms with van der Waals surface area (Å²) < 4.78 is 1.97. The lowest BCUT2D eigenvalue weighted by Crippen LogP contribution is -2.28. The molecule has 0 aliphatic rings. The lowest BCUT2D eigenvalue weighted by atomic mass is 10.1. The summed E-state index contributed by atoms with van der Waals surface area (Å²) in [6.45, 7) is 4.84. The van der Waals surface area contributed by atoms with Gasteiger partial charge in [0.25, 0.3) is 0 Å². The summed E-state index contributed by atoms with van der Waals surface area (Å²) in [7, 11) is 1.71. The van der Waals surface area contributed by atoms with Crippen molar-refractivity contribution >= 4 is 65.4 Å². The van der Waals surface area contributed by atoms with Crippen molar-refractivity contribution in [3.8, 4) is 33.8 Å². The van der Waals surface area contributed by atoms with Crippen LogP contribution in [0.1, 0.15) is 13.8 Å². The third kappa shape index (κ3) is 8.09. The summed E-state index contributed by atoms with van der Waals surface area (Å²) in [5, 5.41) is 23.8. The SMILES string of the molecule is CCNC(=O)Nc1nc2cc(-c3cc[nH]c(=O)c3)ccc2s1.CCNC(=O)Nc1nc2cc(-c3ccc(-c4nnn(C)n4)nc3)ccc2s1. The minimum atomic E-state index is -0.267. The maximum atomic E-state index is 11.6. The number of anilines is 2. The number of hydrogen-bond donors (Lipinski definition) is 5. The molecule has 17 heteroatoms. The highest BCUT2D eigenvalue weighted by Gasteiger charge is 2.11. The lowest BCUT2D eigenvalue weighted by molar-refractivity contribution is 0.251. The Bertz CT molecular complexity index is 2310. The van der Waals surface area contributed by atoms with E-state index in [2.05, 4.69) is 56.6 Å². The number of tetrazole rings is 1. The fraction of sp³-hybridized carbons (Fsp3) is 0.156. The molecule has 248 valence electrons. The van der Waals surface area contributed by atoms with E-state index in [1.807, 2.05) is 68.4 Å². The molecular formula is C32H30N12O3S2. The maximum Gasteiger partial charge on any atom is 0.321 e. The Kier molecular flexibility index (Phi) is 9.91. The number of pyridine rings is 2. The van der Waals surface area contributed by atoms with Crippen LogP contribution in [0.5, 0.6) is 0 Å². The number of hydrogen-bond acceptors (Lipinski definition) is 11.